The van der Waals surface area contributed by atoms with Crippen molar-refractivity contribution in [3.63, 3.8) is 0 Å². The molecule has 2 aromatic carbocycles. The topological polar surface area (TPSA) is 280 Å². The molecule has 64 heavy (non-hydrogen) atoms. The second-order valence-corrected chi connectivity index (χ2v) is 16.8. The van der Waals surface area contributed by atoms with Gasteiger partial charge in [0.1, 0.15) is 30.2 Å². The predicted octanol–water partition coefficient (Wildman–Crippen LogP) is 2.69. The number of carbonyl (C=O) groups excluding carboxylic acids is 7. The quantitative estimate of drug-likeness (QED) is 0.0513. The number of likely N-dealkylation sites (tertiary alicyclic amines) is 1. The van der Waals surface area contributed by atoms with Crippen molar-refractivity contribution in [2.45, 2.75) is 165 Å². The highest BCUT2D eigenvalue weighted by molar-refractivity contribution is 5.95. The van der Waals surface area contributed by atoms with E-state index in [0.29, 0.717) is 31.2 Å². The van der Waals surface area contributed by atoms with Crippen LogP contribution in [0.25, 0.3) is 0 Å². The van der Waals surface area contributed by atoms with Crippen molar-refractivity contribution >= 4 is 47.3 Å². The van der Waals surface area contributed by atoms with Gasteiger partial charge in [0, 0.05) is 32.2 Å². The van der Waals surface area contributed by atoms with Gasteiger partial charge >= 0.3 is 5.97 Å². The molecule has 7 amide bonds. The van der Waals surface area contributed by atoms with Crippen molar-refractivity contribution in [1.82, 2.24) is 26.2 Å². The molecule has 1 aliphatic rings. The van der Waals surface area contributed by atoms with Crippen LogP contribution in [0.5, 0.6) is 0 Å². The minimum atomic E-state index is -1.27. The van der Waals surface area contributed by atoms with Crippen LogP contribution < -0.4 is 32.7 Å². The number of amides is 7. The van der Waals surface area contributed by atoms with Gasteiger partial charge in [-0.1, -0.05) is 125 Å². The van der Waals surface area contributed by atoms with Crippen LogP contribution in [0, 0.1) is 0 Å². The Bertz CT molecular complexity index is 1810. The molecule has 17 heteroatoms. The number of aliphatic carboxylic acids is 1. The number of hydrogen-bond acceptors (Lipinski definition) is 9. The minimum absolute atomic E-state index is 0.0360. The molecule has 1 aliphatic heterocycles. The van der Waals surface area contributed by atoms with E-state index in [0.717, 1.165) is 69.8 Å². The lowest BCUT2D eigenvalue weighted by Crippen LogP contribution is -2.58. The second-order valence-electron chi connectivity index (χ2n) is 16.8. The van der Waals surface area contributed by atoms with Gasteiger partial charge in [0.05, 0.1) is 12.5 Å². The standard InChI is InChI=1S/C47H69N7O10/c1-32(55)42(46(62)54-28-20-25-38(54)45(61)51-35(43(49)59)29-33-21-14-12-15-22-33)53-41(58)27-19-11-9-7-5-3-2-4-6-8-10-18-26-40(57)50-36(31-39(48)56)44(60)52-37(47(63)64)30-34-23-16-13-17-24-34/h12-17,21-24,32,35-38,42,55H,2-11,18-20,25-31H2,1H3,(H2,48,56)(H2,49,59)(H,50,57)(H,51,61)(H,52,60)(H,53,58)(H,63,64)/t32-,35-,36-,37-,38-,42-/m0/s1. The molecule has 352 valence electrons. The molecule has 10 N–H and O–H groups in total. The van der Waals surface area contributed by atoms with Crippen LogP contribution in [0.2, 0.25) is 0 Å². The van der Waals surface area contributed by atoms with Gasteiger partial charge in [-0.25, -0.2) is 4.79 Å². The van der Waals surface area contributed by atoms with Crippen LogP contribution in [0.4, 0.5) is 0 Å². The second kappa shape index (κ2) is 28.8. The number of nitrogens with one attached hydrogen (secondary N) is 4. The Hall–Kier alpha value is -5.84. The van der Waals surface area contributed by atoms with Crippen LogP contribution in [0.15, 0.2) is 60.7 Å². The molecule has 6 atom stereocenters. The number of nitrogens with zero attached hydrogens (tertiary/aromatic N) is 1. The van der Waals surface area contributed by atoms with Gasteiger partial charge in [0.15, 0.2) is 0 Å². The van der Waals surface area contributed by atoms with E-state index in [1.165, 1.54) is 11.8 Å². The third-order valence-corrected chi connectivity index (χ3v) is 11.4. The fourth-order valence-corrected chi connectivity index (χ4v) is 7.79. The van der Waals surface area contributed by atoms with Crippen LogP contribution in [0.3, 0.4) is 0 Å². The van der Waals surface area contributed by atoms with Gasteiger partial charge in [0.2, 0.25) is 41.4 Å². The number of rotatable bonds is 31. The van der Waals surface area contributed by atoms with E-state index in [4.69, 9.17) is 11.5 Å². The van der Waals surface area contributed by atoms with Crippen LogP contribution in [0.1, 0.15) is 127 Å². The lowest BCUT2D eigenvalue weighted by atomic mass is 10.0. The van der Waals surface area contributed by atoms with E-state index in [2.05, 4.69) is 21.3 Å². The summed E-state index contributed by atoms with van der Waals surface area (Å²) in [5.41, 5.74) is 12.4. The van der Waals surface area contributed by atoms with E-state index in [9.17, 15) is 48.6 Å². The summed E-state index contributed by atoms with van der Waals surface area (Å²) in [6.45, 7) is 1.70. The average Bonchev–Trinajstić information content (AvgIpc) is 3.76. The minimum Gasteiger partial charge on any atom is -0.480 e. The molecule has 3 rings (SSSR count). The summed E-state index contributed by atoms with van der Waals surface area (Å²) in [6.07, 6.45) is 11.1. The van der Waals surface area contributed by atoms with Crippen molar-refractivity contribution in [3.8, 4) is 0 Å². The third-order valence-electron chi connectivity index (χ3n) is 11.4. The first kappa shape index (κ1) is 52.5. The fraction of sp³-hybridized carbons (Fsp3) is 0.574. The van der Waals surface area contributed by atoms with Crippen molar-refractivity contribution < 1.29 is 48.6 Å². The lowest BCUT2D eigenvalue weighted by Gasteiger charge is -2.30. The zero-order chi connectivity index (χ0) is 46.9. The molecule has 0 aromatic heterocycles. The normalized spacial score (nSPS) is 15.8. The molecule has 1 heterocycles. The highest BCUT2D eigenvalue weighted by Gasteiger charge is 2.40. The number of carboxylic acid groups (broad SMARTS) is 1. The molecule has 17 nitrogen and oxygen atoms in total. The summed E-state index contributed by atoms with van der Waals surface area (Å²) in [5.74, 6) is -5.34. The van der Waals surface area contributed by atoms with Gasteiger partial charge in [-0.2, -0.15) is 0 Å². The first-order chi connectivity index (χ1) is 30.7. The summed E-state index contributed by atoms with van der Waals surface area (Å²) in [6, 6.07) is 12.4. The zero-order valence-corrected chi connectivity index (χ0v) is 37.1. The van der Waals surface area contributed by atoms with Gasteiger partial charge < -0.3 is 47.8 Å². The van der Waals surface area contributed by atoms with Crippen LogP contribution in [-0.4, -0.2) is 105 Å². The number of primary amides is 2. The van der Waals surface area contributed by atoms with E-state index in [-0.39, 0.29) is 38.1 Å². The fourth-order valence-electron chi connectivity index (χ4n) is 7.79. The zero-order valence-electron chi connectivity index (χ0n) is 37.1. The number of hydrogen-bond donors (Lipinski definition) is 8. The maximum absolute atomic E-state index is 13.5. The van der Waals surface area contributed by atoms with Gasteiger partial charge in [-0.05, 0) is 43.7 Å². The van der Waals surface area contributed by atoms with Crippen molar-refractivity contribution in [2.24, 2.45) is 11.5 Å². The number of carboxylic acids is 1. The SMILES string of the molecule is C[C@H](O)[C@H](NC(=O)CCCCCCCCCCCCCCC(=O)N[C@@H](CC(N)=O)C(=O)N[C@@H](Cc1ccccc1)C(=O)O)C(=O)N1CCC[C@H]1C(=O)N[C@@H](Cc1ccccc1)C(N)=O. The van der Waals surface area contributed by atoms with E-state index in [1.807, 2.05) is 30.3 Å². The molecular weight excluding hydrogens is 823 g/mol. The Labute approximate surface area is 376 Å². The molecule has 1 fully saturated rings. The van der Waals surface area contributed by atoms with E-state index < -0.39 is 84.1 Å². The first-order valence-electron chi connectivity index (χ1n) is 22.7. The number of aliphatic hydroxyl groups excluding tert-OH is 1. The van der Waals surface area contributed by atoms with Crippen molar-refractivity contribution in [1.29, 1.82) is 0 Å². The number of unbranched alkanes of at least 4 members (excludes halogenated alkanes) is 11. The number of nitrogens with two attached hydrogens (primary N) is 2. The molecule has 0 aliphatic carbocycles. The molecular formula is C47H69N7O10. The van der Waals surface area contributed by atoms with E-state index >= 15 is 0 Å². The van der Waals surface area contributed by atoms with Crippen molar-refractivity contribution in [3.05, 3.63) is 71.8 Å². The average molecular weight is 892 g/mol. The van der Waals surface area contributed by atoms with E-state index in [1.54, 1.807) is 30.3 Å². The Morgan fingerprint density at radius 1 is 0.641 bits per heavy atom. The first-order valence-corrected chi connectivity index (χ1v) is 22.7. The third kappa shape index (κ3) is 19.7. The summed E-state index contributed by atoms with van der Waals surface area (Å²) in [5, 5.41) is 30.4. The monoisotopic (exact) mass is 892 g/mol. The molecule has 2 aromatic rings. The largest absolute Gasteiger partial charge is 0.480 e. The summed E-state index contributed by atoms with van der Waals surface area (Å²) >= 11 is 0. The Morgan fingerprint density at radius 3 is 1.56 bits per heavy atom. The van der Waals surface area contributed by atoms with Gasteiger partial charge in [-0.3, -0.25) is 33.6 Å². The van der Waals surface area contributed by atoms with Crippen LogP contribution in [-0.2, 0) is 51.2 Å². The number of carbonyl (C=O) groups is 8. The predicted molar refractivity (Wildman–Crippen MR) is 240 cm³/mol. The smallest absolute Gasteiger partial charge is 0.326 e. The molecule has 0 saturated carbocycles. The molecule has 0 bridgehead atoms. The molecule has 1 saturated heterocycles. The Morgan fingerprint density at radius 2 is 1.11 bits per heavy atom. The summed E-state index contributed by atoms with van der Waals surface area (Å²) in [4.78, 5) is 102. The van der Waals surface area contributed by atoms with Crippen LogP contribution >= 0.6 is 0 Å². The molecule has 0 unspecified atom stereocenters. The number of benzene rings is 2. The lowest BCUT2D eigenvalue weighted by molar-refractivity contribution is -0.144. The summed E-state index contributed by atoms with van der Waals surface area (Å²) < 4.78 is 0. The van der Waals surface area contributed by atoms with Gasteiger partial charge in [0.25, 0.3) is 0 Å². The van der Waals surface area contributed by atoms with Crippen molar-refractivity contribution in [2.75, 3.05) is 6.54 Å². The highest BCUT2D eigenvalue weighted by Crippen LogP contribution is 2.21. The maximum Gasteiger partial charge on any atom is 0.326 e. The van der Waals surface area contributed by atoms with Gasteiger partial charge in [-0.15, -0.1) is 0 Å². The maximum atomic E-state index is 13.5. The Kier molecular flexibility index (Phi) is 23.6. The Balaban J connectivity index is 1.24. The summed E-state index contributed by atoms with van der Waals surface area (Å²) in [7, 11) is 0. The molecule has 0 spiro atoms. The highest BCUT2D eigenvalue weighted by atomic mass is 16.4. The number of aliphatic hydroxyl groups is 1. The molecule has 0 radical (unpaired) electrons.